The summed E-state index contributed by atoms with van der Waals surface area (Å²) in [5.74, 6) is 1.71. The molecule has 1 aliphatic rings. The van der Waals surface area contributed by atoms with Gasteiger partial charge in [0.25, 0.3) is 0 Å². The van der Waals surface area contributed by atoms with Gasteiger partial charge in [0.15, 0.2) is 11.5 Å². The number of halogens is 1. The molecule has 0 radical (unpaired) electrons. The van der Waals surface area contributed by atoms with Crippen LogP contribution in [0.4, 0.5) is 5.82 Å². The molecule has 1 aromatic carbocycles. The zero-order valence-corrected chi connectivity index (χ0v) is 18.3. The van der Waals surface area contributed by atoms with Gasteiger partial charge in [-0.05, 0) is 36.9 Å². The number of benzene rings is 1. The molecule has 8 heteroatoms. The molecule has 1 N–H and O–H groups in total. The first-order valence-electron chi connectivity index (χ1n) is 9.76. The van der Waals surface area contributed by atoms with Gasteiger partial charge in [-0.15, -0.1) is 0 Å². The van der Waals surface area contributed by atoms with Gasteiger partial charge in [0, 0.05) is 50.6 Å². The second kappa shape index (κ2) is 10.3. The molecule has 0 saturated carbocycles. The number of anilines is 1. The zero-order valence-electron chi connectivity index (χ0n) is 17.5. The van der Waals surface area contributed by atoms with Crippen LogP contribution < -0.4 is 19.7 Å². The van der Waals surface area contributed by atoms with Crippen molar-refractivity contribution in [3.63, 3.8) is 0 Å². The lowest BCUT2D eigenvalue weighted by molar-refractivity contribution is -0.116. The highest BCUT2D eigenvalue weighted by molar-refractivity contribution is 6.32. The lowest BCUT2D eigenvalue weighted by Gasteiger charge is -2.34. The summed E-state index contributed by atoms with van der Waals surface area (Å²) in [6.45, 7) is 4.26. The minimum absolute atomic E-state index is 0.200. The molecule has 1 aliphatic heterocycles. The summed E-state index contributed by atoms with van der Waals surface area (Å²) >= 11 is 6.22. The fraction of sp³-hybridized carbons (Fsp3) is 0.364. The standard InChI is InChI=1S/C22H27ClN4O3/c1-26-9-11-27(12-10-26)22-17(5-4-8-24-22)15-25-20(28)7-6-16-13-18(23)21(30-3)19(14-16)29-2/h4-8,13-14H,9-12,15H2,1-3H3,(H,25,28)/b7-6+. The SMILES string of the molecule is COc1cc(/C=C/C(=O)NCc2cccnc2N2CCN(C)CC2)cc(Cl)c1OC. The van der Waals surface area contributed by atoms with Gasteiger partial charge in [-0.1, -0.05) is 17.7 Å². The van der Waals surface area contributed by atoms with Crippen LogP contribution in [0.3, 0.4) is 0 Å². The van der Waals surface area contributed by atoms with Crippen molar-refractivity contribution in [3.8, 4) is 11.5 Å². The van der Waals surface area contributed by atoms with E-state index >= 15 is 0 Å². The molecule has 1 aromatic heterocycles. The van der Waals surface area contributed by atoms with Crippen molar-refractivity contribution in [2.24, 2.45) is 0 Å². The summed E-state index contributed by atoms with van der Waals surface area (Å²) in [5, 5.41) is 3.35. The van der Waals surface area contributed by atoms with Gasteiger partial charge in [0.05, 0.1) is 19.2 Å². The third kappa shape index (κ3) is 5.43. The van der Waals surface area contributed by atoms with Crippen molar-refractivity contribution in [1.82, 2.24) is 15.2 Å². The second-order valence-electron chi connectivity index (χ2n) is 7.07. The van der Waals surface area contributed by atoms with Gasteiger partial charge in [-0.3, -0.25) is 4.79 Å². The van der Waals surface area contributed by atoms with Crippen LogP contribution in [-0.4, -0.2) is 63.2 Å². The van der Waals surface area contributed by atoms with E-state index in [9.17, 15) is 4.79 Å². The minimum Gasteiger partial charge on any atom is -0.493 e. The van der Waals surface area contributed by atoms with Crippen LogP contribution in [-0.2, 0) is 11.3 Å². The first-order chi connectivity index (χ1) is 14.5. The van der Waals surface area contributed by atoms with Crippen molar-refractivity contribution < 1.29 is 14.3 Å². The Morgan fingerprint density at radius 3 is 2.70 bits per heavy atom. The van der Waals surface area contributed by atoms with E-state index in [-0.39, 0.29) is 5.91 Å². The van der Waals surface area contributed by atoms with Crippen molar-refractivity contribution in [2.75, 3.05) is 52.3 Å². The van der Waals surface area contributed by atoms with Gasteiger partial charge in [-0.25, -0.2) is 4.98 Å². The number of likely N-dealkylation sites (N-methyl/N-ethyl adjacent to an activating group) is 1. The Kier molecular flexibility index (Phi) is 7.54. The van der Waals surface area contributed by atoms with Crippen molar-refractivity contribution in [1.29, 1.82) is 0 Å². The Bertz CT molecular complexity index is 911. The molecule has 0 atom stereocenters. The number of rotatable bonds is 7. The Labute approximate surface area is 182 Å². The highest BCUT2D eigenvalue weighted by Crippen LogP contribution is 2.36. The quantitative estimate of drug-likeness (QED) is 0.681. The average Bonchev–Trinajstić information content (AvgIpc) is 2.76. The molecule has 0 unspecified atom stereocenters. The van der Waals surface area contributed by atoms with E-state index in [1.54, 1.807) is 31.5 Å². The van der Waals surface area contributed by atoms with Crippen LogP contribution in [0.25, 0.3) is 6.08 Å². The number of carbonyl (C=O) groups is 1. The molecule has 0 spiro atoms. The molecule has 1 amide bonds. The van der Waals surface area contributed by atoms with Gasteiger partial charge in [0.2, 0.25) is 5.91 Å². The maximum absolute atomic E-state index is 12.4. The number of amides is 1. The summed E-state index contributed by atoms with van der Waals surface area (Å²) in [6, 6.07) is 7.38. The lowest BCUT2D eigenvalue weighted by Crippen LogP contribution is -2.45. The monoisotopic (exact) mass is 430 g/mol. The Hall–Kier alpha value is -2.77. The van der Waals surface area contributed by atoms with E-state index < -0.39 is 0 Å². The molecule has 0 bridgehead atoms. The van der Waals surface area contributed by atoms with Crippen molar-refractivity contribution in [2.45, 2.75) is 6.54 Å². The fourth-order valence-corrected chi connectivity index (χ4v) is 3.61. The van der Waals surface area contributed by atoms with E-state index in [4.69, 9.17) is 21.1 Å². The highest BCUT2D eigenvalue weighted by Gasteiger charge is 2.18. The first kappa shape index (κ1) is 21.9. The molecule has 0 aliphatic carbocycles. The van der Waals surface area contributed by atoms with Gasteiger partial charge in [-0.2, -0.15) is 0 Å². The Morgan fingerprint density at radius 1 is 1.23 bits per heavy atom. The lowest BCUT2D eigenvalue weighted by atomic mass is 10.2. The number of methoxy groups -OCH3 is 2. The zero-order chi connectivity index (χ0) is 21.5. The van der Waals surface area contributed by atoms with Gasteiger partial charge >= 0.3 is 0 Å². The predicted molar refractivity (Wildman–Crippen MR) is 119 cm³/mol. The number of hydrogen-bond acceptors (Lipinski definition) is 6. The largest absolute Gasteiger partial charge is 0.493 e. The first-order valence-corrected chi connectivity index (χ1v) is 10.1. The number of piperazine rings is 1. The molecule has 1 saturated heterocycles. The Balaban J connectivity index is 1.64. The van der Waals surface area contributed by atoms with Gasteiger partial charge < -0.3 is 24.6 Å². The van der Waals surface area contributed by atoms with E-state index in [2.05, 4.69) is 27.1 Å². The van der Waals surface area contributed by atoms with Crippen LogP contribution in [0.5, 0.6) is 11.5 Å². The topological polar surface area (TPSA) is 66.9 Å². The summed E-state index contributed by atoms with van der Waals surface area (Å²) < 4.78 is 10.5. The van der Waals surface area contributed by atoms with Crippen LogP contribution in [0.15, 0.2) is 36.5 Å². The summed E-state index contributed by atoms with van der Waals surface area (Å²) in [5.41, 5.74) is 1.74. The molecular formula is C22H27ClN4O3. The van der Waals surface area contributed by atoms with E-state index in [1.165, 1.54) is 13.2 Å². The fourth-order valence-electron chi connectivity index (χ4n) is 3.32. The normalized spacial score (nSPS) is 14.7. The third-order valence-corrected chi connectivity index (χ3v) is 5.29. The smallest absolute Gasteiger partial charge is 0.244 e. The van der Waals surface area contributed by atoms with Crippen molar-refractivity contribution >= 4 is 29.4 Å². The maximum atomic E-state index is 12.4. The van der Waals surface area contributed by atoms with E-state index in [0.29, 0.717) is 23.1 Å². The number of pyridine rings is 1. The van der Waals surface area contributed by atoms with Crippen LogP contribution in [0, 0.1) is 0 Å². The number of nitrogens with zero attached hydrogens (tertiary/aromatic N) is 3. The van der Waals surface area contributed by atoms with E-state index in [0.717, 1.165) is 43.1 Å². The summed E-state index contributed by atoms with van der Waals surface area (Å²) in [7, 11) is 5.19. The molecule has 30 heavy (non-hydrogen) atoms. The number of hydrogen-bond donors (Lipinski definition) is 1. The van der Waals surface area contributed by atoms with Crippen LogP contribution in [0.2, 0.25) is 5.02 Å². The van der Waals surface area contributed by atoms with Crippen LogP contribution in [0.1, 0.15) is 11.1 Å². The second-order valence-corrected chi connectivity index (χ2v) is 7.47. The van der Waals surface area contributed by atoms with Gasteiger partial charge in [0.1, 0.15) is 5.82 Å². The molecule has 3 rings (SSSR count). The summed E-state index contributed by atoms with van der Waals surface area (Å²) in [6.07, 6.45) is 4.96. The van der Waals surface area contributed by atoms with Crippen LogP contribution >= 0.6 is 11.6 Å². The molecular weight excluding hydrogens is 404 g/mol. The van der Waals surface area contributed by atoms with Crippen molar-refractivity contribution in [3.05, 3.63) is 52.7 Å². The molecule has 160 valence electrons. The highest BCUT2D eigenvalue weighted by atomic mass is 35.5. The number of ether oxygens (including phenoxy) is 2. The number of aromatic nitrogens is 1. The number of carbonyl (C=O) groups excluding carboxylic acids is 1. The predicted octanol–water partition coefficient (Wildman–Crippen LogP) is 2.83. The molecule has 1 fully saturated rings. The van der Waals surface area contributed by atoms with E-state index in [1.807, 2.05) is 12.1 Å². The average molecular weight is 431 g/mol. The molecule has 2 aromatic rings. The Morgan fingerprint density at radius 2 is 2.00 bits per heavy atom. The minimum atomic E-state index is -0.200. The maximum Gasteiger partial charge on any atom is 0.244 e. The third-order valence-electron chi connectivity index (χ3n) is 5.01. The number of nitrogens with one attached hydrogen (secondary N) is 1. The summed E-state index contributed by atoms with van der Waals surface area (Å²) in [4.78, 5) is 21.5. The molecule has 2 heterocycles. The molecule has 7 nitrogen and oxygen atoms in total.